The Morgan fingerprint density at radius 2 is 1.68 bits per heavy atom. The van der Waals surface area contributed by atoms with Crippen LogP contribution in [0, 0.1) is 0 Å². The normalized spacial score (nSPS) is 23.2. The van der Waals surface area contributed by atoms with Crippen molar-refractivity contribution in [1.29, 1.82) is 0 Å². The molecule has 1 N–H and O–H groups in total. The average Bonchev–Trinajstić information content (AvgIpc) is 2.49. The highest BCUT2D eigenvalue weighted by molar-refractivity contribution is 9.10. The standard InChI is InChI=1S/C16H16BrNO/c17-14-8-6-13(7-9-14)16-10-18-15(11-19-16)12-4-2-1-3-5-12/h1-9,15-16,18H,10-11H2. The summed E-state index contributed by atoms with van der Waals surface area (Å²) in [6.45, 7) is 1.56. The summed E-state index contributed by atoms with van der Waals surface area (Å²) in [7, 11) is 0. The predicted molar refractivity (Wildman–Crippen MR) is 80.0 cm³/mol. The Balaban J connectivity index is 1.65. The molecular formula is C16H16BrNO. The first-order valence-corrected chi connectivity index (χ1v) is 7.27. The molecule has 19 heavy (non-hydrogen) atoms. The van der Waals surface area contributed by atoms with Gasteiger partial charge in [-0.15, -0.1) is 0 Å². The summed E-state index contributed by atoms with van der Waals surface area (Å²) >= 11 is 3.45. The Hall–Kier alpha value is -1.16. The fraction of sp³-hybridized carbons (Fsp3) is 0.250. The van der Waals surface area contributed by atoms with E-state index < -0.39 is 0 Å². The Morgan fingerprint density at radius 3 is 2.32 bits per heavy atom. The highest BCUT2D eigenvalue weighted by Crippen LogP contribution is 2.26. The summed E-state index contributed by atoms with van der Waals surface area (Å²) in [6.07, 6.45) is 0.146. The highest BCUT2D eigenvalue weighted by atomic mass is 79.9. The third-order valence-corrected chi connectivity index (χ3v) is 3.99. The molecule has 1 saturated heterocycles. The minimum Gasteiger partial charge on any atom is -0.370 e. The first-order chi connectivity index (χ1) is 9.33. The first-order valence-electron chi connectivity index (χ1n) is 6.48. The van der Waals surface area contributed by atoms with E-state index in [0.717, 1.165) is 11.0 Å². The van der Waals surface area contributed by atoms with Crippen LogP contribution < -0.4 is 5.32 Å². The molecule has 2 aromatic carbocycles. The molecule has 2 unspecified atom stereocenters. The zero-order valence-corrected chi connectivity index (χ0v) is 12.1. The van der Waals surface area contributed by atoms with Crippen molar-refractivity contribution >= 4 is 15.9 Å². The van der Waals surface area contributed by atoms with Crippen molar-refractivity contribution in [3.8, 4) is 0 Å². The van der Waals surface area contributed by atoms with Crippen LogP contribution in [0.25, 0.3) is 0 Å². The van der Waals surface area contributed by atoms with Gasteiger partial charge in [0.05, 0.1) is 18.8 Å². The second-order valence-corrected chi connectivity index (χ2v) is 5.66. The van der Waals surface area contributed by atoms with Gasteiger partial charge >= 0.3 is 0 Å². The average molecular weight is 318 g/mol. The molecule has 0 aliphatic carbocycles. The number of hydrogen-bond acceptors (Lipinski definition) is 2. The summed E-state index contributed by atoms with van der Waals surface area (Å²) < 4.78 is 7.09. The molecule has 0 aromatic heterocycles. The Kier molecular flexibility index (Phi) is 3.97. The molecule has 0 radical (unpaired) electrons. The molecule has 3 rings (SSSR count). The molecule has 2 nitrogen and oxygen atoms in total. The van der Waals surface area contributed by atoms with Crippen molar-refractivity contribution in [1.82, 2.24) is 5.32 Å². The van der Waals surface area contributed by atoms with Crippen LogP contribution >= 0.6 is 15.9 Å². The van der Waals surface area contributed by atoms with Gasteiger partial charge in [0, 0.05) is 11.0 Å². The molecule has 1 aliphatic heterocycles. The van der Waals surface area contributed by atoms with E-state index >= 15 is 0 Å². The number of hydrogen-bond donors (Lipinski definition) is 1. The van der Waals surface area contributed by atoms with Crippen molar-refractivity contribution in [3.63, 3.8) is 0 Å². The summed E-state index contributed by atoms with van der Waals surface area (Å²) in [4.78, 5) is 0. The van der Waals surface area contributed by atoms with Crippen molar-refractivity contribution in [2.75, 3.05) is 13.2 Å². The lowest BCUT2D eigenvalue weighted by molar-refractivity contribution is 0.00237. The lowest BCUT2D eigenvalue weighted by Crippen LogP contribution is -2.36. The van der Waals surface area contributed by atoms with Gasteiger partial charge in [0.1, 0.15) is 0 Å². The van der Waals surface area contributed by atoms with Crippen LogP contribution in [0.5, 0.6) is 0 Å². The van der Waals surface area contributed by atoms with Gasteiger partial charge in [-0.3, -0.25) is 0 Å². The molecule has 2 atom stereocenters. The second kappa shape index (κ2) is 5.87. The number of nitrogens with one attached hydrogen (secondary N) is 1. The van der Waals surface area contributed by atoms with Gasteiger partial charge in [-0.25, -0.2) is 0 Å². The number of morpholine rings is 1. The van der Waals surface area contributed by atoms with Crippen LogP contribution in [-0.2, 0) is 4.74 Å². The Bertz CT molecular complexity index is 518. The van der Waals surface area contributed by atoms with Gasteiger partial charge in [0.25, 0.3) is 0 Å². The van der Waals surface area contributed by atoms with E-state index in [1.807, 2.05) is 6.07 Å². The quantitative estimate of drug-likeness (QED) is 0.908. The van der Waals surface area contributed by atoms with E-state index in [-0.39, 0.29) is 6.10 Å². The predicted octanol–water partition coefficient (Wildman–Crippen LogP) is 3.85. The zero-order chi connectivity index (χ0) is 13.1. The van der Waals surface area contributed by atoms with Crippen molar-refractivity contribution in [3.05, 3.63) is 70.2 Å². The molecule has 2 aromatic rings. The Morgan fingerprint density at radius 1 is 0.947 bits per heavy atom. The van der Waals surface area contributed by atoms with Crippen LogP contribution in [-0.4, -0.2) is 13.2 Å². The third-order valence-electron chi connectivity index (χ3n) is 3.46. The van der Waals surface area contributed by atoms with Crippen molar-refractivity contribution < 1.29 is 4.74 Å². The zero-order valence-electron chi connectivity index (χ0n) is 10.6. The number of ether oxygens (including phenoxy) is 1. The van der Waals surface area contributed by atoms with Crippen LogP contribution in [0.4, 0.5) is 0 Å². The molecule has 0 saturated carbocycles. The summed E-state index contributed by atoms with van der Waals surface area (Å²) in [5.74, 6) is 0. The van der Waals surface area contributed by atoms with E-state index in [2.05, 4.69) is 69.8 Å². The maximum absolute atomic E-state index is 5.99. The maximum atomic E-state index is 5.99. The largest absolute Gasteiger partial charge is 0.370 e. The van der Waals surface area contributed by atoms with Gasteiger partial charge in [-0.05, 0) is 23.3 Å². The van der Waals surface area contributed by atoms with E-state index in [4.69, 9.17) is 4.74 Å². The van der Waals surface area contributed by atoms with Crippen LogP contribution in [0.2, 0.25) is 0 Å². The van der Waals surface area contributed by atoms with Gasteiger partial charge in [0.15, 0.2) is 0 Å². The molecule has 1 heterocycles. The first kappa shape index (κ1) is 12.9. The lowest BCUT2D eigenvalue weighted by Gasteiger charge is -2.31. The molecule has 1 fully saturated rings. The van der Waals surface area contributed by atoms with E-state index in [9.17, 15) is 0 Å². The minimum atomic E-state index is 0.146. The van der Waals surface area contributed by atoms with Crippen LogP contribution in [0.3, 0.4) is 0 Å². The third kappa shape index (κ3) is 3.06. The monoisotopic (exact) mass is 317 g/mol. The number of halogens is 1. The molecule has 1 aliphatic rings. The van der Waals surface area contributed by atoms with Crippen LogP contribution in [0.1, 0.15) is 23.3 Å². The minimum absolute atomic E-state index is 0.146. The lowest BCUT2D eigenvalue weighted by atomic mass is 10.0. The molecule has 3 heteroatoms. The fourth-order valence-corrected chi connectivity index (χ4v) is 2.63. The van der Waals surface area contributed by atoms with E-state index in [1.54, 1.807) is 0 Å². The van der Waals surface area contributed by atoms with Gasteiger partial charge < -0.3 is 10.1 Å². The van der Waals surface area contributed by atoms with Gasteiger partial charge in [-0.1, -0.05) is 58.4 Å². The summed E-state index contributed by atoms with van der Waals surface area (Å²) in [5.41, 5.74) is 2.51. The SMILES string of the molecule is Brc1ccc(C2CNC(c3ccccc3)CO2)cc1. The summed E-state index contributed by atoms with van der Waals surface area (Å²) in [6, 6.07) is 19.1. The van der Waals surface area contributed by atoms with E-state index in [1.165, 1.54) is 11.1 Å². The molecule has 0 amide bonds. The molecule has 0 bridgehead atoms. The second-order valence-electron chi connectivity index (χ2n) is 4.75. The van der Waals surface area contributed by atoms with Crippen molar-refractivity contribution in [2.45, 2.75) is 12.1 Å². The van der Waals surface area contributed by atoms with E-state index in [0.29, 0.717) is 12.6 Å². The summed E-state index contributed by atoms with van der Waals surface area (Å²) in [5, 5.41) is 3.56. The molecule has 98 valence electrons. The Labute approximate surface area is 121 Å². The smallest absolute Gasteiger partial charge is 0.0950 e. The molecule has 0 spiro atoms. The topological polar surface area (TPSA) is 21.3 Å². The van der Waals surface area contributed by atoms with Crippen LogP contribution in [0.15, 0.2) is 59.1 Å². The number of rotatable bonds is 2. The fourth-order valence-electron chi connectivity index (χ4n) is 2.37. The maximum Gasteiger partial charge on any atom is 0.0950 e. The molecular weight excluding hydrogens is 302 g/mol. The highest BCUT2D eigenvalue weighted by Gasteiger charge is 2.22. The van der Waals surface area contributed by atoms with Gasteiger partial charge in [-0.2, -0.15) is 0 Å². The van der Waals surface area contributed by atoms with Crippen molar-refractivity contribution in [2.24, 2.45) is 0 Å². The number of benzene rings is 2. The van der Waals surface area contributed by atoms with Gasteiger partial charge in [0.2, 0.25) is 0 Å².